The maximum atomic E-state index is 12.9. The Morgan fingerprint density at radius 2 is 1.57 bits per heavy atom. The Kier molecular flexibility index (Phi) is 4.39. The largest absolute Gasteiger partial charge is 0.369 e. The number of hydrogen-bond donors (Lipinski definition) is 0. The van der Waals surface area contributed by atoms with E-state index >= 15 is 0 Å². The molecule has 2 saturated heterocycles. The summed E-state index contributed by atoms with van der Waals surface area (Å²) in [6.07, 6.45) is 2.29. The summed E-state index contributed by atoms with van der Waals surface area (Å²) >= 11 is 0. The molecule has 3 rings (SSSR count). The maximum Gasteiger partial charge on any atom is 0.236 e. The van der Waals surface area contributed by atoms with Gasteiger partial charge in [0.2, 0.25) is 5.91 Å². The fraction of sp³-hybridized carbons (Fsp3) is 0.562. The molecule has 21 heavy (non-hydrogen) atoms. The number of benzene rings is 1. The van der Waals surface area contributed by atoms with Gasteiger partial charge in [-0.05, 0) is 37.1 Å². The summed E-state index contributed by atoms with van der Waals surface area (Å²) in [5.74, 6) is 0.0660. The number of halogens is 1. The predicted molar refractivity (Wildman–Crippen MR) is 80.9 cm³/mol. The summed E-state index contributed by atoms with van der Waals surface area (Å²) in [5, 5.41) is 0. The first-order valence-electron chi connectivity index (χ1n) is 7.73. The topological polar surface area (TPSA) is 26.8 Å². The minimum atomic E-state index is -0.200. The zero-order valence-corrected chi connectivity index (χ0v) is 12.3. The summed E-state index contributed by atoms with van der Waals surface area (Å²) in [7, 11) is 0. The van der Waals surface area contributed by atoms with E-state index in [4.69, 9.17) is 0 Å². The van der Waals surface area contributed by atoms with Crippen molar-refractivity contribution in [2.75, 3.05) is 50.7 Å². The van der Waals surface area contributed by atoms with Crippen LogP contribution in [0.15, 0.2) is 24.3 Å². The Morgan fingerprint density at radius 3 is 2.19 bits per heavy atom. The second-order valence-electron chi connectivity index (χ2n) is 5.83. The normalized spacial score (nSPS) is 20.0. The maximum absolute atomic E-state index is 12.9. The molecule has 114 valence electrons. The van der Waals surface area contributed by atoms with Crippen molar-refractivity contribution in [3.05, 3.63) is 30.1 Å². The average molecular weight is 291 g/mol. The summed E-state index contributed by atoms with van der Waals surface area (Å²) in [6.45, 7) is 5.94. The Morgan fingerprint density at radius 1 is 0.952 bits per heavy atom. The van der Waals surface area contributed by atoms with Gasteiger partial charge in [-0.3, -0.25) is 9.69 Å². The van der Waals surface area contributed by atoms with Gasteiger partial charge >= 0.3 is 0 Å². The molecule has 1 aromatic carbocycles. The number of rotatable bonds is 3. The summed E-state index contributed by atoms with van der Waals surface area (Å²) in [4.78, 5) is 18.6. The molecule has 2 aliphatic heterocycles. The first-order chi connectivity index (χ1) is 10.2. The van der Waals surface area contributed by atoms with Crippen molar-refractivity contribution in [3.63, 3.8) is 0 Å². The first kappa shape index (κ1) is 14.3. The molecule has 0 bridgehead atoms. The van der Waals surface area contributed by atoms with E-state index in [9.17, 15) is 9.18 Å². The second-order valence-corrected chi connectivity index (χ2v) is 5.83. The third-order valence-corrected chi connectivity index (χ3v) is 4.38. The van der Waals surface area contributed by atoms with E-state index in [1.54, 1.807) is 0 Å². The zero-order chi connectivity index (χ0) is 14.7. The summed E-state index contributed by atoms with van der Waals surface area (Å²) < 4.78 is 12.9. The highest BCUT2D eigenvalue weighted by molar-refractivity contribution is 5.78. The standard InChI is InChI=1S/C16H22FN3O/c17-14-3-5-15(6-4-14)19-11-9-18(10-12-19)13-16(21)20-7-1-2-8-20/h3-6H,1-2,7-13H2. The molecule has 5 heteroatoms. The van der Waals surface area contributed by atoms with Crippen molar-refractivity contribution in [2.24, 2.45) is 0 Å². The lowest BCUT2D eigenvalue weighted by molar-refractivity contribution is -0.131. The number of anilines is 1. The third-order valence-electron chi connectivity index (χ3n) is 4.38. The number of amides is 1. The number of nitrogens with zero attached hydrogens (tertiary/aromatic N) is 3. The predicted octanol–water partition coefficient (Wildman–Crippen LogP) is 1.57. The van der Waals surface area contributed by atoms with E-state index in [2.05, 4.69) is 9.80 Å². The van der Waals surface area contributed by atoms with E-state index < -0.39 is 0 Å². The van der Waals surface area contributed by atoms with Crippen LogP contribution in [0.25, 0.3) is 0 Å². The lowest BCUT2D eigenvalue weighted by Gasteiger charge is -2.36. The molecule has 2 aliphatic rings. The van der Waals surface area contributed by atoms with Gasteiger partial charge in [0.05, 0.1) is 6.54 Å². The van der Waals surface area contributed by atoms with Gasteiger partial charge in [-0.2, -0.15) is 0 Å². The smallest absolute Gasteiger partial charge is 0.236 e. The fourth-order valence-electron chi connectivity index (χ4n) is 3.07. The summed E-state index contributed by atoms with van der Waals surface area (Å²) in [6, 6.07) is 6.64. The average Bonchev–Trinajstić information content (AvgIpc) is 3.03. The van der Waals surface area contributed by atoms with Crippen LogP contribution in [0.5, 0.6) is 0 Å². The van der Waals surface area contributed by atoms with Gasteiger partial charge in [0, 0.05) is 45.0 Å². The first-order valence-corrected chi connectivity index (χ1v) is 7.73. The Balaban J connectivity index is 1.48. The highest BCUT2D eigenvalue weighted by Gasteiger charge is 2.23. The molecule has 2 fully saturated rings. The van der Waals surface area contributed by atoms with Gasteiger partial charge in [0.25, 0.3) is 0 Å². The van der Waals surface area contributed by atoms with Crippen molar-refractivity contribution >= 4 is 11.6 Å². The van der Waals surface area contributed by atoms with Crippen LogP contribution < -0.4 is 4.90 Å². The van der Waals surface area contributed by atoms with Crippen LogP contribution in [-0.4, -0.2) is 61.5 Å². The van der Waals surface area contributed by atoms with Gasteiger partial charge in [-0.1, -0.05) is 0 Å². The molecule has 0 saturated carbocycles. The van der Waals surface area contributed by atoms with Crippen molar-refractivity contribution in [3.8, 4) is 0 Å². The number of likely N-dealkylation sites (tertiary alicyclic amines) is 1. The molecule has 0 spiro atoms. The molecule has 0 N–H and O–H groups in total. The highest BCUT2D eigenvalue weighted by atomic mass is 19.1. The van der Waals surface area contributed by atoms with Crippen molar-refractivity contribution < 1.29 is 9.18 Å². The molecule has 0 radical (unpaired) electrons. The lowest BCUT2D eigenvalue weighted by Crippen LogP contribution is -2.49. The van der Waals surface area contributed by atoms with E-state index in [1.807, 2.05) is 17.0 Å². The molecule has 2 heterocycles. The number of carbonyl (C=O) groups excluding carboxylic acids is 1. The molecule has 0 aromatic heterocycles. The number of piperazine rings is 1. The van der Waals surface area contributed by atoms with Crippen LogP contribution in [0.3, 0.4) is 0 Å². The molecule has 0 unspecified atom stereocenters. The number of hydrogen-bond acceptors (Lipinski definition) is 3. The van der Waals surface area contributed by atoms with Crippen molar-refractivity contribution in [1.29, 1.82) is 0 Å². The molecule has 4 nitrogen and oxygen atoms in total. The molecule has 0 aliphatic carbocycles. The fourth-order valence-corrected chi connectivity index (χ4v) is 3.07. The third kappa shape index (κ3) is 3.53. The molecule has 1 aromatic rings. The van der Waals surface area contributed by atoms with E-state index in [-0.39, 0.29) is 11.7 Å². The monoisotopic (exact) mass is 291 g/mol. The highest BCUT2D eigenvalue weighted by Crippen LogP contribution is 2.17. The van der Waals surface area contributed by atoms with Crippen molar-refractivity contribution in [1.82, 2.24) is 9.80 Å². The van der Waals surface area contributed by atoms with E-state index in [0.29, 0.717) is 6.54 Å². The van der Waals surface area contributed by atoms with Gasteiger partial charge in [0.15, 0.2) is 0 Å². The lowest BCUT2D eigenvalue weighted by atomic mass is 10.2. The quantitative estimate of drug-likeness (QED) is 0.846. The van der Waals surface area contributed by atoms with Gasteiger partial charge in [-0.15, -0.1) is 0 Å². The number of carbonyl (C=O) groups is 1. The van der Waals surface area contributed by atoms with Crippen LogP contribution in [-0.2, 0) is 4.79 Å². The van der Waals surface area contributed by atoms with E-state index in [0.717, 1.165) is 57.8 Å². The van der Waals surface area contributed by atoms with Crippen molar-refractivity contribution in [2.45, 2.75) is 12.8 Å². The molecule has 0 atom stereocenters. The van der Waals surface area contributed by atoms with Crippen LogP contribution in [0.1, 0.15) is 12.8 Å². The van der Waals surface area contributed by atoms with Crippen LogP contribution in [0, 0.1) is 5.82 Å². The van der Waals surface area contributed by atoms with Crippen LogP contribution in [0.4, 0.5) is 10.1 Å². The zero-order valence-electron chi connectivity index (χ0n) is 12.3. The van der Waals surface area contributed by atoms with Gasteiger partial charge in [-0.25, -0.2) is 4.39 Å². The summed E-state index contributed by atoms with van der Waals surface area (Å²) in [5.41, 5.74) is 1.06. The van der Waals surface area contributed by atoms with Gasteiger partial charge < -0.3 is 9.80 Å². The second kappa shape index (κ2) is 6.43. The molecular weight excluding hydrogens is 269 g/mol. The van der Waals surface area contributed by atoms with Gasteiger partial charge in [0.1, 0.15) is 5.82 Å². The molecule has 1 amide bonds. The van der Waals surface area contributed by atoms with Crippen LogP contribution >= 0.6 is 0 Å². The van der Waals surface area contributed by atoms with Crippen LogP contribution in [0.2, 0.25) is 0 Å². The Hall–Kier alpha value is -1.62. The van der Waals surface area contributed by atoms with E-state index in [1.165, 1.54) is 12.1 Å². The Labute approximate surface area is 125 Å². The minimum Gasteiger partial charge on any atom is -0.369 e. The molecular formula is C16H22FN3O. The minimum absolute atomic E-state index is 0.200. The Bertz CT molecular complexity index is 477. The SMILES string of the molecule is O=C(CN1CCN(c2ccc(F)cc2)CC1)N1CCCC1.